The van der Waals surface area contributed by atoms with Crippen molar-refractivity contribution in [3.05, 3.63) is 81.9 Å². The van der Waals surface area contributed by atoms with E-state index in [9.17, 15) is 0 Å². The predicted octanol–water partition coefficient (Wildman–Crippen LogP) is 7.14. The van der Waals surface area contributed by atoms with Gasteiger partial charge in [0.1, 0.15) is 0 Å². The molecule has 3 aromatic carbocycles. The summed E-state index contributed by atoms with van der Waals surface area (Å²) in [6.45, 7) is 0. The fraction of sp³-hybridized carbons (Fsp3) is 0.280. The molecule has 3 aliphatic carbocycles. The molecule has 6 rings (SSSR count). The Balaban J connectivity index is 1.62. The van der Waals surface area contributed by atoms with Gasteiger partial charge in [0.15, 0.2) is 0 Å². The van der Waals surface area contributed by atoms with Crippen LogP contribution in [0.1, 0.15) is 54.4 Å². The fourth-order valence-corrected chi connectivity index (χ4v) is 6.01. The third-order valence-electron chi connectivity index (χ3n) is 6.94. The predicted molar refractivity (Wildman–Crippen MR) is 109 cm³/mol. The molecule has 0 nitrogen and oxygen atoms in total. The maximum atomic E-state index is 6.25. The number of rotatable bonds is 0. The fourth-order valence-electron chi connectivity index (χ4n) is 5.81. The van der Waals surface area contributed by atoms with E-state index in [2.05, 4.69) is 48.5 Å². The topological polar surface area (TPSA) is 0 Å². The lowest BCUT2D eigenvalue weighted by molar-refractivity contribution is 0.353. The molecule has 128 valence electrons. The average Bonchev–Trinajstić information content (AvgIpc) is 3.15. The van der Waals surface area contributed by atoms with E-state index in [0.29, 0.717) is 0 Å². The molecule has 0 bridgehead atoms. The van der Waals surface area contributed by atoms with Crippen molar-refractivity contribution in [3.8, 4) is 22.3 Å². The van der Waals surface area contributed by atoms with Gasteiger partial charge in [-0.2, -0.15) is 0 Å². The van der Waals surface area contributed by atoms with Gasteiger partial charge in [0.05, 0.1) is 0 Å². The van der Waals surface area contributed by atoms with Crippen LogP contribution in [0.4, 0.5) is 0 Å². The van der Waals surface area contributed by atoms with Crippen LogP contribution in [0, 0.1) is 0 Å². The van der Waals surface area contributed by atoms with Crippen molar-refractivity contribution in [3.63, 3.8) is 0 Å². The molecule has 0 atom stereocenters. The van der Waals surface area contributed by atoms with Crippen LogP contribution in [0.25, 0.3) is 22.3 Å². The minimum atomic E-state index is 0.244. The summed E-state index contributed by atoms with van der Waals surface area (Å²) in [6, 6.07) is 20.6. The molecule has 0 unspecified atom stereocenters. The number of fused-ring (bicyclic) bond motifs is 8. The van der Waals surface area contributed by atoms with Crippen molar-refractivity contribution in [1.82, 2.24) is 0 Å². The molecule has 0 aromatic heterocycles. The molecule has 0 aliphatic heterocycles. The molecule has 26 heavy (non-hydrogen) atoms. The zero-order valence-electron chi connectivity index (χ0n) is 14.8. The Morgan fingerprint density at radius 2 is 1.46 bits per heavy atom. The standard InChI is InChI=1S/C25H21Cl/c26-18-8-9-19-16(13-18)12-17-14-22-20-6-2-3-7-23(20)25(10-4-1-5-11-25)24(22)15-21(17)19/h2-3,6-9,13-15H,1,4-5,10-12H2. The van der Waals surface area contributed by atoms with Crippen molar-refractivity contribution in [2.45, 2.75) is 43.9 Å². The number of hydrogen-bond donors (Lipinski definition) is 0. The van der Waals surface area contributed by atoms with Crippen molar-refractivity contribution in [2.75, 3.05) is 0 Å². The van der Waals surface area contributed by atoms with Gasteiger partial charge in [-0.1, -0.05) is 61.2 Å². The van der Waals surface area contributed by atoms with E-state index in [0.717, 1.165) is 11.4 Å². The lowest BCUT2D eigenvalue weighted by atomic mass is 9.67. The van der Waals surface area contributed by atoms with E-state index in [1.807, 2.05) is 6.07 Å². The van der Waals surface area contributed by atoms with E-state index in [1.165, 1.54) is 65.5 Å². The molecule has 3 aromatic rings. The summed E-state index contributed by atoms with van der Waals surface area (Å²) in [4.78, 5) is 0. The van der Waals surface area contributed by atoms with Crippen LogP contribution in [-0.2, 0) is 11.8 Å². The van der Waals surface area contributed by atoms with Crippen molar-refractivity contribution < 1.29 is 0 Å². The first kappa shape index (κ1) is 15.1. The summed E-state index contributed by atoms with van der Waals surface area (Å²) in [5.74, 6) is 0. The van der Waals surface area contributed by atoms with Crippen LogP contribution in [0.3, 0.4) is 0 Å². The summed E-state index contributed by atoms with van der Waals surface area (Å²) in [5.41, 5.74) is 12.0. The van der Waals surface area contributed by atoms with Gasteiger partial charge in [0.2, 0.25) is 0 Å². The minimum absolute atomic E-state index is 0.244. The van der Waals surface area contributed by atoms with E-state index < -0.39 is 0 Å². The van der Waals surface area contributed by atoms with Crippen LogP contribution >= 0.6 is 11.6 Å². The van der Waals surface area contributed by atoms with E-state index in [-0.39, 0.29) is 5.41 Å². The summed E-state index contributed by atoms with van der Waals surface area (Å²) < 4.78 is 0. The van der Waals surface area contributed by atoms with Crippen LogP contribution in [-0.4, -0.2) is 0 Å². The maximum Gasteiger partial charge on any atom is 0.0409 e. The second-order valence-corrected chi connectivity index (χ2v) is 8.66. The SMILES string of the molecule is Clc1ccc2c(c1)Cc1cc3c(cc1-2)C1(CCCCC1)c1ccccc1-3. The molecule has 0 radical (unpaired) electrons. The summed E-state index contributed by atoms with van der Waals surface area (Å²) >= 11 is 6.25. The number of hydrogen-bond acceptors (Lipinski definition) is 0. The Bertz CT molecular complexity index is 1050. The van der Waals surface area contributed by atoms with Gasteiger partial charge in [0.25, 0.3) is 0 Å². The zero-order valence-corrected chi connectivity index (χ0v) is 15.6. The molecular formula is C25H21Cl. The molecule has 0 amide bonds. The molecule has 1 fully saturated rings. The molecule has 1 saturated carbocycles. The molecule has 1 spiro atoms. The summed E-state index contributed by atoms with van der Waals surface area (Å²) in [7, 11) is 0. The summed E-state index contributed by atoms with van der Waals surface area (Å²) in [6.07, 6.45) is 7.67. The Morgan fingerprint density at radius 1 is 0.654 bits per heavy atom. The number of benzene rings is 3. The van der Waals surface area contributed by atoms with E-state index in [1.54, 1.807) is 11.1 Å². The molecular weight excluding hydrogens is 336 g/mol. The van der Waals surface area contributed by atoms with Crippen LogP contribution in [0.5, 0.6) is 0 Å². The Kier molecular flexibility index (Phi) is 3.03. The molecule has 0 N–H and O–H groups in total. The first-order chi connectivity index (χ1) is 12.8. The van der Waals surface area contributed by atoms with Gasteiger partial charge >= 0.3 is 0 Å². The van der Waals surface area contributed by atoms with Crippen molar-refractivity contribution >= 4 is 11.6 Å². The largest absolute Gasteiger partial charge is 0.0843 e. The monoisotopic (exact) mass is 356 g/mol. The lowest BCUT2D eigenvalue weighted by Crippen LogP contribution is -2.28. The molecule has 3 aliphatic rings. The molecule has 0 heterocycles. The first-order valence-electron chi connectivity index (χ1n) is 9.82. The minimum Gasteiger partial charge on any atom is -0.0843 e. The van der Waals surface area contributed by atoms with Gasteiger partial charge in [-0.25, -0.2) is 0 Å². The maximum absolute atomic E-state index is 6.25. The highest BCUT2D eigenvalue weighted by Gasteiger charge is 2.44. The van der Waals surface area contributed by atoms with Gasteiger partial charge in [-0.05, 0) is 88.0 Å². The van der Waals surface area contributed by atoms with Gasteiger partial charge < -0.3 is 0 Å². The highest BCUT2D eigenvalue weighted by Crippen LogP contribution is 2.57. The Hall–Kier alpha value is -2.05. The zero-order chi connectivity index (χ0) is 17.3. The normalized spacial score (nSPS) is 18.3. The van der Waals surface area contributed by atoms with Crippen molar-refractivity contribution in [2.24, 2.45) is 0 Å². The van der Waals surface area contributed by atoms with Gasteiger partial charge in [0, 0.05) is 10.4 Å². The van der Waals surface area contributed by atoms with Crippen molar-refractivity contribution in [1.29, 1.82) is 0 Å². The van der Waals surface area contributed by atoms with Gasteiger partial charge in [-0.3, -0.25) is 0 Å². The van der Waals surface area contributed by atoms with E-state index in [4.69, 9.17) is 11.6 Å². The van der Waals surface area contributed by atoms with Crippen LogP contribution in [0.2, 0.25) is 5.02 Å². The summed E-state index contributed by atoms with van der Waals surface area (Å²) in [5, 5.41) is 0.846. The first-order valence-corrected chi connectivity index (χ1v) is 10.2. The lowest BCUT2D eigenvalue weighted by Gasteiger charge is -2.36. The van der Waals surface area contributed by atoms with Crippen LogP contribution < -0.4 is 0 Å². The van der Waals surface area contributed by atoms with Crippen LogP contribution in [0.15, 0.2) is 54.6 Å². The highest BCUT2D eigenvalue weighted by molar-refractivity contribution is 6.30. The highest BCUT2D eigenvalue weighted by atomic mass is 35.5. The second-order valence-electron chi connectivity index (χ2n) is 8.22. The third kappa shape index (κ3) is 1.86. The third-order valence-corrected chi connectivity index (χ3v) is 7.17. The number of halogens is 1. The average molecular weight is 357 g/mol. The quantitative estimate of drug-likeness (QED) is 0.314. The molecule has 0 saturated heterocycles. The Morgan fingerprint density at radius 3 is 2.35 bits per heavy atom. The van der Waals surface area contributed by atoms with Gasteiger partial charge in [-0.15, -0.1) is 0 Å². The Labute approximate surface area is 159 Å². The van der Waals surface area contributed by atoms with E-state index >= 15 is 0 Å². The molecule has 1 heteroatoms. The smallest absolute Gasteiger partial charge is 0.0409 e. The second kappa shape index (κ2) is 5.24.